The maximum Gasteiger partial charge on any atom is 0.240 e. The van der Waals surface area contributed by atoms with Crippen LogP contribution in [0, 0.1) is 0 Å². The Labute approximate surface area is 125 Å². The molecule has 5 nitrogen and oxygen atoms in total. The van der Waals surface area contributed by atoms with Crippen LogP contribution in [0.2, 0.25) is 0 Å². The summed E-state index contributed by atoms with van der Waals surface area (Å²) in [7, 11) is -3.54. The van der Waals surface area contributed by atoms with Crippen LogP contribution in [0.4, 0.5) is 0 Å². The molecule has 1 saturated carbocycles. The van der Waals surface area contributed by atoms with Gasteiger partial charge in [-0.05, 0) is 55.9 Å². The van der Waals surface area contributed by atoms with Crippen molar-refractivity contribution in [3.05, 3.63) is 29.3 Å². The largest absolute Gasteiger partial charge is 0.377 e. The third-order valence-electron chi connectivity index (χ3n) is 4.42. The highest BCUT2D eigenvalue weighted by molar-refractivity contribution is 7.89. The van der Waals surface area contributed by atoms with E-state index in [0.717, 1.165) is 24.8 Å². The fraction of sp³-hybridized carbons (Fsp3) is 0.600. The molecule has 0 heterocycles. The Kier molecular flexibility index (Phi) is 4.05. The SMILES string of the molecule is CCOC1CC(N)C1NS(=O)(=O)c1ccc2c(c1)CCC2. The number of nitrogens with two attached hydrogens (primary N) is 1. The molecule has 21 heavy (non-hydrogen) atoms. The zero-order valence-corrected chi connectivity index (χ0v) is 13.0. The number of benzene rings is 1. The van der Waals surface area contributed by atoms with E-state index in [4.69, 9.17) is 10.5 Å². The molecule has 3 unspecified atom stereocenters. The first-order chi connectivity index (χ1) is 10.0. The maximum atomic E-state index is 12.5. The van der Waals surface area contributed by atoms with Gasteiger partial charge in [0.1, 0.15) is 0 Å². The van der Waals surface area contributed by atoms with Crippen LogP contribution in [0.15, 0.2) is 23.1 Å². The molecule has 116 valence electrons. The van der Waals surface area contributed by atoms with E-state index in [2.05, 4.69) is 4.72 Å². The number of aryl methyl sites for hydroxylation is 2. The fourth-order valence-electron chi connectivity index (χ4n) is 3.15. The van der Waals surface area contributed by atoms with Gasteiger partial charge in [0.15, 0.2) is 0 Å². The Morgan fingerprint density at radius 3 is 2.81 bits per heavy atom. The van der Waals surface area contributed by atoms with Crippen molar-refractivity contribution < 1.29 is 13.2 Å². The van der Waals surface area contributed by atoms with Crippen molar-refractivity contribution in [1.29, 1.82) is 0 Å². The van der Waals surface area contributed by atoms with Crippen LogP contribution >= 0.6 is 0 Å². The van der Waals surface area contributed by atoms with E-state index in [1.807, 2.05) is 13.0 Å². The standard InChI is InChI=1S/C15H22N2O3S/c1-2-20-14-9-13(16)15(14)17-21(18,19)12-7-6-10-4-3-5-11(10)8-12/h6-8,13-15,17H,2-5,9,16H2,1H3. The van der Waals surface area contributed by atoms with E-state index in [-0.39, 0.29) is 18.2 Å². The molecular formula is C15H22N2O3S. The van der Waals surface area contributed by atoms with Crippen molar-refractivity contribution >= 4 is 10.0 Å². The summed E-state index contributed by atoms with van der Waals surface area (Å²) in [6.07, 6.45) is 3.69. The maximum absolute atomic E-state index is 12.5. The molecular weight excluding hydrogens is 288 g/mol. The summed E-state index contributed by atoms with van der Waals surface area (Å²) in [4.78, 5) is 0.331. The highest BCUT2D eigenvalue weighted by Gasteiger charge is 2.42. The van der Waals surface area contributed by atoms with Gasteiger partial charge in [-0.3, -0.25) is 0 Å². The molecule has 3 N–H and O–H groups in total. The molecule has 0 aliphatic heterocycles. The summed E-state index contributed by atoms with van der Waals surface area (Å²) in [6, 6.07) is 4.91. The van der Waals surface area contributed by atoms with Crippen LogP contribution in [0.3, 0.4) is 0 Å². The number of nitrogens with one attached hydrogen (secondary N) is 1. The highest BCUT2D eigenvalue weighted by atomic mass is 32.2. The Hall–Kier alpha value is -0.950. The summed E-state index contributed by atoms with van der Waals surface area (Å²) >= 11 is 0. The van der Waals surface area contributed by atoms with Crippen LogP contribution in [0.5, 0.6) is 0 Å². The van der Waals surface area contributed by atoms with Crippen LogP contribution in [-0.4, -0.2) is 33.2 Å². The average molecular weight is 310 g/mol. The third-order valence-corrected chi connectivity index (χ3v) is 5.88. The molecule has 3 atom stereocenters. The minimum absolute atomic E-state index is 0.116. The molecule has 0 saturated heterocycles. The zero-order valence-electron chi connectivity index (χ0n) is 12.2. The highest BCUT2D eigenvalue weighted by Crippen LogP contribution is 2.27. The number of sulfonamides is 1. The van der Waals surface area contributed by atoms with Gasteiger partial charge < -0.3 is 10.5 Å². The number of hydrogen-bond donors (Lipinski definition) is 2. The topological polar surface area (TPSA) is 81.4 Å². The fourth-order valence-corrected chi connectivity index (χ4v) is 4.52. The molecule has 2 aliphatic rings. The van der Waals surface area contributed by atoms with Crippen molar-refractivity contribution in [2.24, 2.45) is 5.73 Å². The number of rotatable bonds is 5. The Morgan fingerprint density at radius 2 is 2.10 bits per heavy atom. The Bertz CT molecular complexity index is 628. The molecule has 0 aromatic heterocycles. The van der Waals surface area contributed by atoms with Crippen molar-refractivity contribution in [3.8, 4) is 0 Å². The van der Waals surface area contributed by atoms with Gasteiger partial charge in [-0.25, -0.2) is 13.1 Å². The van der Waals surface area contributed by atoms with Gasteiger partial charge in [0.25, 0.3) is 0 Å². The van der Waals surface area contributed by atoms with Crippen molar-refractivity contribution in [1.82, 2.24) is 4.72 Å². The van der Waals surface area contributed by atoms with Crippen molar-refractivity contribution in [3.63, 3.8) is 0 Å². The first-order valence-corrected chi connectivity index (χ1v) is 9.01. The second kappa shape index (κ2) is 5.68. The summed E-state index contributed by atoms with van der Waals surface area (Å²) in [6.45, 7) is 2.46. The smallest absolute Gasteiger partial charge is 0.240 e. The van der Waals surface area contributed by atoms with E-state index in [1.165, 1.54) is 5.56 Å². The minimum Gasteiger partial charge on any atom is -0.377 e. The normalized spacial score (nSPS) is 28.2. The summed E-state index contributed by atoms with van der Waals surface area (Å²) in [5.41, 5.74) is 8.33. The van der Waals surface area contributed by atoms with Crippen molar-refractivity contribution in [2.75, 3.05) is 6.61 Å². The lowest BCUT2D eigenvalue weighted by Crippen LogP contribution is -2.64. The summed E-state index contributed by atoms with van der Waals surface area (Å²) < 4.78 is 33.2. The average Bonchev–Trinajstić information content (AvgIpc) is 2.92. The Balaban J connectivity index is 1.77. The predicted octanol–water partition coefficient (Wildman–Crippen LogP) is 0.958. The van der Waals surface area contributed by atoms with Crippen LogP contribution < -0.4 is 10.5 Å². The molecule has 0 amide bonds. The molecule has 0 bridgehead atoms. The molecule has 1 aromatic carbocycles. The molecule has 3 rings (SSSR count). The minimum atomic E-state index is -3.54. The lowest BCUT2D eigenvalue weighted by Gasteiger charge is -2.42. The van der Waals surface area contributed by atoms with Gasteiger partial charge in [0, 0.05) is 12.6 Å². The van der Waals surface area contributed by atoms with E-state index in [9.17, 15) is 8.42 Å². The third kappa shape index (κ3) is 2.85. The predicted molar refractivity (Wildman–Crippen MR) is 80.6 cm³/mol. The quantitative estimate of drug-likeness (QED) is 0.849. The molecule has 1 aromatic rings. The van der Waals surface area contributed by atoms with E-state index >= 15 is 0 Å². The molecule has 2 aliphatic carbocycles. The van der Waals surface area contributed by atoms with Gasteiger partial charge >= 0.3 is 0 Å². The molecule has 1 fully saturated rings. The van der Waals surface area contributed by atoms with E-state index < -0.39 is 10.0 Å². The summed E-state index contributed by atoms with van der Waals surface area (Å²) in [5, 5.41) is 0. The van der Waals surface area contributed by atoms with Gasteiger partial charge in [-0.2, -0.15) is 0 Å². The second-order valence-electron chi connectivity index (χ2n) is 5.82. The Morgan fingerprint density at radius 1 is 1.33 bits per heavy atom. The van der Waals surface area contributed by atoms with Gasteiger partial charge in [-0.1, -0.05) is 6.07 Å². The first kappa shape index (κ1) is 15.0. The van der Waals surface area contributed by atoms with Crippen LogP contribution in [-0.2, 0) is 27.6 Å². The number of fused-ring (bicyclic) bond motifs is 1. The number of ether oxygens (including phenoxy) is 1. The summed E-state index contributed by atoms with van der Waals surface area (Å²) in [5.74, 6) is 0. The van der Waals surface area contributed by atoms with Crippen molar-refractivity contribution in [2.45, 2.75) is 55.7 Å². The first-order valence-electron chi connectivity index (χ1n) is 7.52. The lowest BCUT2D eigenvalue weighted by atomic mass is 9.84. The number of hydrogen-bond acceptors (Lipinski definition) is 4. The van der Waals surface area contributed by atoms with Gasteiger partial charge in [0.2, 0.25) is 10.0 Å². The van der Waals surface area contributed by atoms with Gasteiger partial charge in [-0.15, -0.1) is 0 Å². The second-order valence-corrected chi connectivity index (χ2v) is 7.54. The lowest BCUT2D eigenvalue weighted by molar-refractivity contribution is -0.0248. The van der Waals surface area contributed by atoms with E-state index in [1.54, 1.807) is 12.1 Å². The molecule has 0 spiro atoms. The van der Waals surface area contributed by atoms with Gasteiger partial charge in [0.05, 0.1) is 17.0 Å². The van der Waals surface area contributed by atoms with Crippen LogP contribution in [0.1, 0.15) is 30.9 Å². The van der Waals surface area contributed by atoms with E-state index in [0.29, 0.717) is 17.9 Å². The monoisotopic (exact) mass is 310 g/mol. The molecule has 0 radical (unpaired) electrons. The molecule has 6 heteroatoms. The zero-order chi connectivity index (χ0) is 15.0. The van der Waals surface area contributed by atoms with Crippen LogP contribution in [0.25, 0.3) is 0 Å².